The average molecular weight is 182 g/mol. The zero-order chi connectivity index (χ0) is 8.77. The molecule has 12 heavy (non-hydrogen) atoms. The van der Waals surface area contributed by atoms with Crippen LogP contribution in [0.5, 0.6) is 0 Å². The lowest BCUT2D eigenvalue weighted by atomic mass is 10.2. The van der Waals surface area contributed by atoms with Crippen molar-refractivity contribution >= 4 is 15.9 Å². The van der Waals surface area contributed by atoms with E-state index in [4.69, 9.17) is 0 Å². The molecule has 0 saturated heterocycles. The van der Waals surface area contributed by atoms with Crippen LogP contribution in [0.1, 0.15) is 10.4 Å². The van der Waals surface area contributed by atoms with E-state index in [1.54, 1.807) is 0 Å². The van der Waals surface area contributed by atoms with Crippen LogP contribution in [0.3, 0.4) is 0 Å². The molecule has 0 aromatic heterocycles. The smallest absolute Gasteiger partial charge is 0.266 e. The Labute approximate surface area is 69.3 Å². The summed E-state index contributed by atoms with van der Waals surface area (Å²) in [5.74, 6) is -0.570. The molecule has 0 unspecified atom stereocenters. The Morgan fingerprint density at radius 1 is 1.42 bits per heavy atom. The van der Waals surface area contributed by atoms with Crippen molar-refractivity contribution in [2.24, 2.45) is 0 Å². The molecule has 1 heterocycles. The van der Waals surface area contributed by atoms with E-state index in [2.05, 4.69) is 6.07 Å². The number of amides is 1. The minimum Gasteiger partial charge on any atom is -0.268 e. The highest BCUT2D eigenvalue weighted by Gasteiger charge is 2.31. The third-order valence-corrected chi connectivity index (χ3v) is 2.96. The maximum Gasteiger partial charge on any atom is 0.266 e. The summed E-state index contributed by atoms with van der Waals surface area (Å²) in [5, 5.41) is 0. The number of carbonyl (C=O) groups excluding carboxylic acids is 1. The van der Waals surface area contributed by atoms with Gasteiger partial charge in [-0.15, -0.1) is 0 Å². The summed E-state index contributed by atoms with van der Waals surface area (Å²) in [6.45, 7) is 0. The van der Waals surface area contributed by atoms with Gasteiger partial charge < -0.3 is 0 Å². The zero-order valence-electron chi connectivity index (χ0n) is 5.87. The second kappa shape index (κ2) is 2.07. The zero-order valence-corrected chi connectivity index (χ0v) is 6.68. The molecule has 61 valence electrons. The van der Waals surface area contributed by atoms with Gasteiger partial charge in [0.1, 0.15) is 4.90 Å². The Bertz CT molecular complexity index is 449. The molecule has 1 radical (unpaired) electrons. The maximum absolute atomic E-state index is 11.1. The van der Waals surface area contributed by atoms with E-state index < -0.39 is 15.9 Å². The van der Waals surface area contributed by atoms with Crippen LogP contribution in [0.2, 0.25) is 0 Å². The Hall–Kier alpha value is -1.36. The lowest BCUT2D eigenvalue weighted by Gasteiger charge is -1.91. The first-order valence-electron chi connectivity index (χ1n) is 3.18. The lowest BCUT2D eigenvalue weighted by Crippen LogP contribution is -2.20. The van der Waals surface area contributed by atoms with Crippen LogP contribution in [-0.4, -0.2) is 14.3 Å². The van der Waals surface area contributed by atoms with Gasteiger partial charge in [-0.3, -0.25) is 4.79 Å². The first kappa shape index (κ1) is 7.30. The molecule has 0 atom stereocenters. The van der Waals surface area contributed by atoms with Crippen LogP contribution in [0, 0.1) is 6.07 Å². The summed E-state index contributed by atoms with van der Waals surface area (Å²) in [7, 11) is -3.59. The molecular weight excluding hydrogens is 178 g/mol. The van der Waals surface area contributed by atoms with Crippen molar-refractivity contribution in [1.82, 2.24) is 4.72 Å². The van der Waals surface area contributed by atoms with Gasteiger partial charge in [-0.05, 0) is 18.2 Å². The van der Waals surface area contributed by atoms with Gasteiger partial charge in [0.25, 0.3) is 15.9 Å². The molecular formula is C7H4NO3S. The fourth-order valence-corrected chi connectivity index (χ4v) is 2.19. The molecule has 0 aliphatic carbocycles. The van der Waals surface area contributed by atoms with E-state index >= 15 is 0 Å². The predicted molar refractivity (Wildman–Crippen MR) is 39.9 cm³/mol. The highest BCUT2D eigenvalue weighted by Crippen LogP contribution is 2.20. The summed E-state index contributed by atoms with van der Waals surface area (Å²) in [6, 6.07) is 6.80. The Kier molecular flexibility index (Phi) is 1.26. The third-order valence-electron chi connectivity index (χ3n) is 1.59. The molecule has 5 heteroatoms. The van der Waals surface area contributed by atoms with Gasteiger partial charge in [-0.1, -0.05) is 6.07 Å². The minimum atomic E-state index is -3.59. The Balaban J connectivity index is 2.83. The summed E-state index contributed by atoms with van der Waals surface area (Å²) >= 11 is 0. The van der Waals surface area contributed by atoms with Crippen molar-refractivity contribution in [3.05, 3.63) is 29.8 Å². The summed E-state index contributed by atoms with van der Waals surface area (Å²) in [4.78, 5) is 11.0. The molecule has 1 aliphatic heterocycles. The molecule has 1 aliphatic rings. The van der Waals surface area contributed by atoms with E-state index in [1.807, 2.05) is 4.72 Å². The Morgan fingerprint density at radius 3 is 2.83 bits per heavy atom. The normalized spacial score (nSPS) is 18.5. The number of carbonyl (C=O) groups is 1. The minimum absolute atomic E-state index is 0.00926. The van der Waals surface area contributed by atoms with Gasteiger partial charge >= 0.3 is 0 Å². The number of sulfonamides is 1. The third kappa shape index (κ3) is 0.831. The first-order chi connectivity index (χ1) is 5.61. The first-order valence-corrected chi connectivity index (χ1v) is 4.67. The van der Waals surface area contributed by atoms with E-state index in [1.165, 1.54) is 18.2 Å². The van der Waals surface area contributed by atoms with Crippen molar-refractivity contribution in [3.8, 4) is 0 Å². The van der Waals surface area contributed by atoms with Gasteiger partial charge in [0.15, 0.2) is 0 Å². The van der Waals surface area contributed by atoms with Gasteiger partial charge in [-0.2, -0.15) is 0 Å². The van der Waals surface area contributed by atoms with E-state index in [0.717, 1.165) is 0 Å². The van der Waals surface area contributed by atoms with Crippen molar-refractivity contribution in [2.75, 3.05) is 0 Å². The number of hydrogen-bond acceptors (Lipinski definition) is 3. The second-order valence-electron chi connectivity index (χ2n) is 2.36. The van der Waals surface area contributed by atoms with Crippen molar-refractivity contribution in [3.63, 3.8) is 0 Å². The molecule has 2 rings (SSSR count). The van der Waals surface area contributed by atoms with E-state index in [0.29, 0.717) is 0 Å². The van der Waals surface area contributed by atoms with Crippen molar-refractivity contribution in [1.29, 1.82) is 0 Å². The molecule has 1 aromatic rings. The van der Waals surface area contributed by atoms with Crippen molar-refractivity contribution in [2.45, 2.75) is 4.90 Å². The fraction of sp³-hybridized carbons (Fsp3) is 0. The fourth-order valence-electron chi connectivity index (χ4n) is 1.06. The molecule has 0 spiro atoms. The SMILES string of the molecule is O=C1NS(=O)(=O)c2c[c]ccc21. The van der Waals surface area contributed by atoms with Crippen molar-refractivity contribution < 1.29 is 13.2 Å². The topological polar surface area (TPSA) is 63.2 Å². The Morgan fingerprint density at radius 2 is 2.17 bits per heavy atom. The summed E-state index contributed by atoms with van der Waals surface area (Å²) < 4.78 is 24.1. The molecule has 1 aromatic carbocycles. The lowest BCUT2D eigenvalue weighted by molar-refractivity contribution is 0.0985. The molecule has 0 saturated carbocycles. The van der Waals surface area contributed by atoms with Crippen LogP contribution in [-0.2, 0) is 10.0 Å². The van der Waals surface area contributed by atoms with Crippen LogP contribution in [0.15, 0.2) is 23.1 Å². The molecule has 0 fully saturated rings. The quantitative estimate of drug-likeness (QED) is 0.610. The predicted octanol–water partition coefficient (Wildman–Crippen LogP) is -0.0811. The second-order valence-corrected chi connectivity index (χ2v) is 4.01. The summed E-state index contributed by atoms with van der Waals surface area (Å²) in [5.41, 5.74) is 0.189. The molecule has 4 nitrogen and oxygen atoms in total. The number of fused-ring (bicyclic) bond motifs is 1. The highest BCUT2D eigenvalue weighted by atomic mass is 32.2. The number of hydrogen-bond donors (Lipinski definition) is 1. The monoisotopic (exact) mass is 182 g/mol. The summed E-state index contributed by atoms with van der Waals surface area (Å²) in [6.07, 6.45) is 0. The number of benzene rings is 1. The van der Waals surface area contributed by atoms with Gasteiger partial charge in [0.05, 0.1) is 5.56 Å². The standard InChI is InChI=1S/C7H4NO3S/c9-7-5-3-1-2-4-6(5)12(10,11)8-7/h1,3-4H,(H,8,9). The maximum atomic E-state index is 11.1. The van der Waals surface area contributed by atoms with Gasteiger partial charge in [0, 0.05) is 0 Å². The number of rotatable bonds is 0. The van der Waals surface area contributed by atoms with Crippen LogP contribution >= 0.6 is 0 Å². The van der Waals surface area contributed by atoms with E-state index in [-0.39, 0.29) is 10.5 Å². The number of nitrogens with one attached hydrogen (secondary N) is 1. The molecule has 1 N–H and O–H groups in total. The average Bonchev–Trinajstić information content (AvgIpc) is 2.25. The van der Waals surface area contributed by atoms with E-state index in [9.17, 15) is 13.2 Å². The largest absolute Gasteiger partial charge is 0.268 e. The van der Waals surface area contributed by atoms with Gasteiger partial charge in [0.2, 0.25) is 0 Å². The van der Waals surface area contributed by atoms with Crippen LogP contribution < -0.4 is 4.72 Å². The van der Waals surface area contributed by atoms with Gasteiger partial charge in [-0.25, -0.2) is 13.1 Å². The molecule has 1 amide bonds. The van der Waals surface area contributed by atoms with Crippen LogP contribution in [0.4, 0.5) is 0 Å². The molecule has 0 bridgehead atoms. The van der Waals surface area contributed by atoms with Crippen LogP contribution in [0.25, 0.3) is 0 Å². The highest BCUT2D eigenvalue weighted by molar-refractivity contribution is 7.90.